The lowest BCUT2D eigenvalue weighted by molar-refractivity contribution is -0.138. The number of hydrogen-bond acceptors (Lipinski definition) is 4. The maximum Gasteiger partial charge on any atom is 0.437 e. The largest absolute Gasteiger partial charge is 0.478 e. The molecule has 12 heteroatoms. The average Bonchev–Trinajstić information content (AvgIpc) is 3.17. The van der Waals surface area contributed by atoms with Crippen LogP contribution in [0.4, 0.5) is 22.4 Å². The van der Waals surface area contributed by atoms with Crippen LogP contribution < -0.4 is 5.32 Å². The number of aromatic carboxylic acids is 1. The Balaban J connectivity index is 2.30. The summed E-state index contributed by atoms with van der Waals surface area (Å²) in [5.74, 6) is -2.92. The van der Waals surface area contributed by atoms with E-state index in [2.05, 4.69) is 10.3 Å². The van der Waals surface area contributed by atoms with Gasteiger partial charge in [0.15, 0.2) is 0 Å². The zero-order valence-electron chi connectivity index (χ0n) is 25.7. The van der Waals surface area contributed by atoms with Crippen molar-refractivity contribution in [2.24, 2.45) is 10.9 Å². The molecule has 0 aliphatic carbocycles. The smallest absolute Gasteiger partial charge is 0.437 e. The number of nitrogens with one attached hydrogen (secondary N) is 1. The molecule has 0 radical (unpaired) electrons. The lowest BCUT2D eigenvalue weighted by Gasteiger charge is -2.31. The van der Waals surface area contributed by atoms with E-state index >= 15 is 0 Å². The molecule has 0 saturated carbocycles. The molecule has 8 nitrogen and oxygen atoms in total. The van der Waals surface area contributed by atoms with E-state index in [1.807, 2.05) is 20.8 Å². The van der Waals surface area contributed by atoms with E-state index in [1.54, 1.807) is 20.8 Å². The number of carboxylic acids is 1. The van der Waals surface area contributed by atoms with Crippen molar-refractivity contribution < 1.29 is 41.8 Å². The molecule has 2 atom stereocenters. The maximum absolute atomic E-state index is 14.7. The fraction of sp³-hybridized carbons (Fsp3) is 0.500. The van der Waals surface area contributed by atoms with Gasteiger partial charge in [-0.2, -0.15) is 13.2 Å². The molecule has 2 aromatic carbocycles. The number of amides is 2. The number of guanidine groups is 1. The highest BCUT2D eigenvalue weighted by atomic mass is 19.4. The van der Waals surface area contributed by atoms with Gasteiger partial charge in [-0.3, -0.25) is 9.69 Å². The Morgan fingerprint density at radius 1 is 1.07 bits per heavy atom. The number of ether oxygens (including phenoxy) is 1. The van der Waals surface area contributed by atoms with Crippen molar-refractivity contribution in [3.63, 3.8) is 0 Å². The van der Waals surface area contributed by atoms with Crippen LogP contribution in [0.1, 0.15) is 107 Å². The van der Waals surface area contributed by atoms with Gasteiger partial charge >= 0.3 is 18.2 Å². The molecule has 0 aromatic heterocycles. The zero-order chi connectivity index (χ0) is 33.0. The quantitative estimate of drug-likeness (QED) is 0.262. The van der Waals surface area contributed by atoms with Crippen LogP contribution in [-0.4, -0.2) is 39.5 Å². The molecule has 1 saturated heterocycles. The number of benzene rings is 2. The highest BCUT2D eigenvalue weighted by Crippen LogP contribution is 2.42. The van der Waals surface area contributed by atoms with E-state index in [-0.39, 0.29) is 30.3 Å². The summed E-state index contributed by atoms with van der Waals surface area (Å²) in [6.07, 6.45) is -3.82. The summed E-state index contributed by atoms with van der Waals surface area (Å²) in [6, 6.07) is 7.06. The third kappa shape index (κ3) is 7.95. The summed E-state index contributed by atoms with van der Waals surface area (Å²) >= 11 is 0. The normalized spacial score (nSPS) is 18.9. The van der Waals surface area contributed by atoms with Gasteiger partial charge in [-0.1, -0.05) is 51.8 Å². The first-order valence-electron chi connectivity index (χ1n) is 14.5. The van der Waals surface area contributed by atoms with Crippen molar-refractivity contribution in [2.45, 2.75) is 97.0 Å². The molecule has 1 aliphatic rings. The molecule has 2 N–H and O–H groups in total. The maximum atomic E-state index is 14.7. The van der Waals surface area contributed by atoms with Crippen molar-refractivity contribution in [2.75, 3.05) is 0 Å². The Kier molecular flexibility index (Phi) is 10.5. The van der Waals surface area contributed by atoms with Gasteiger partial charge in [0, 0.05) is 0 Å². The van der Waals surface area contributed by atoms with Crippen LogP contribution in [-0.2, 0) is 21.2 Å². The van der Waals surface area contributed by atoms with E-state index in [9.17, 15) is 37.1 Å². The lowest BCUT2D eigenvalue weighted by atomic mass is 9.83. The van der Waals surface area contributed by atoms with E-state index in [4.69, 9.17) is 4.74 Å². The van der Waals surface area contributed by atoms with Gasteiger partial charge < -0.3 is 15.2 Å². The average molecular weight is 622 g/mol. The molecule has 0 spiro atoms. The molecule has 3 rings (SSSR count). The molecule has 2 amide bonds. The third-order valence-corrected chi connectivity index (χ3v) is 7.27. The van der Waals surface area contributed by atoms with E-state index in [0.717, 1.165) is 12.1 Å². The summed E-state index contributed by atoms with van der Waals surface area (Å²) < 4.78 is 60.4. The van der Waals surface area contributed by atoms with Gasteiger partial charge in [0.05, 0.1) is 17.2 Å². The third-order valence-electron chi connectivity index (χ3n) is 7.27. The van der Waals surface area contributed by atoms with E-state index < -0.39 is 58.3 Å². The minimum Gasteiger partial charge on any atom is -0.478 e. The Labute approximate surface area is 254 Å². The van der Waals surface area contributed by atoms with Crippen LogP contribution in [0.3, 0.4) is 0 Å². The van der Waals surface area contributed by atoms with Gasteiger partial charge in [0.1, 0.15) is 17.0 Å². The van der Waals surface area contributed by atoms with Crippen LogP contribution in [0.15, 0.2) is 47.5 Å². The first kappa shape index (κ1) is 34.5. The number of halogens is 4. The molecule has 0 bridgehead atoms. The summed E-state index contributed by atoms with van der Waals surface area (Å²) in [7, 11) is 0. The van der Waals surface area contributed by atoms with Gasteiger partial charge in [0.2, 0.25) is 5.96 Å². The first-order chi connectivity index (χ1) is 20.4. The number of carbonyl (C=O) groups excluding carboxylic acids is 2. The topological polar surface area (TPSA) is 108 Å². The number of hydrogen-bond donors (Lipinski definition) is 2. The van der Waals surface area contributed by atoms with Gasteiger partial charge in [-0.15, -0.1) is 4.99 Å². The molecule has 2 unspecified atom stereocenters. The van der Waals surface area contributed by atoms with Gasteiger partial charge in [-0.25, -0.2) is 14.0 Å². The van der Waals surface area contributed by atoms with E-state index in [1.165, 1.54) is 29.2 Å². The minimum absolute atomic E-state index is 0.120. The van der Waals surface area contributed by atoms with Gasteiger partial charge in [-0.05, 0) is 81.3 Å². The fourth-order valence-corrected chi connectivity index (χ4v) is 5.13. The molecule has 1 fully saturated rings. The number of alkyl halides is 3. The minimum atomic E-state index is -4.92. The molecular weight excluding hydrogens is 582 g/mol. The Hall–Kier alpha value is -3.96. The number of rotatable bonds is 10. The Morgan fingerprint density at radius 2 is 1.70 bits per heavy atom. The Bertz CT molecular complexity index is 1400. The second-order valence-corrected chi connectivity index (χ2v) is 12.3. The second kappa shape index (κ2) is 13.4. The summed E-state index contributed by atoms with van der Waals surface area (Å²) in [5, 5.41) is 12.8. The SMILES string of the molecule is CCCCC(c1ccc(C(F)(F)F)c(C(=O)O)c1)N1C(=O)C(CCC(C)C)(c2ccc(F)cc2)NC1=NC(=O)OC(C)(C)C. The molecule has 1 heterocycles. The molecular formula is C32H39F4N3O5. The van der Waals surface area contributed by atoms with Crippen molar-refractivity contribution in [1.29, 1.82) is 0 Å². The molecule has 44 heavy (non-hydrogen) atoms. The van der Waals surface area contributed by atoms with Crippen LogP contribution >= 0.6 is 0 Å². The number of aliphatic imine (C=N–C) groups is 1. The van der Waals surface area contributed by atoms with Crippen LogP contribution in [0.2, 0.25) is 0 Å². The van der Waals surface area contributed by atoms with Crippen LogP contribution in [0.5, 0.6) is 0 Å². The lowest BCUT2D eigenvalue weighted by Crippen LogP contribution is -2.44. The fourth-order valence-electron chi connectivity index (χ4n) is 5.13. The molecule has 240 valence electrons. The number of nitrogens with zero attached hydrogens (tertiary/aromatic N) is 2. The summed E-state index contributed by atoms with van der Waals surface area (Å²) in [6.45, 7) is 10.7. The zero-order valence-corrected chi connectivity index (χ0v) is 25.7. The predicted octanol–water partition coefficient (Wildman–Crippen LogP) is 7.83. The highest BCUT2D eigenvalue weighted by molar-refractivity contribution is 6.11. The highest BCUT2D eigenvalue weighted by Gasteiger charge is 2.53. The number of unbranched alkanes of at least 4 members (excludes halogenated alkanes) is 1. The van der Waals surface area contributed by atoms with Crippen molar-refractivity contribution >= 4 is 23.9 Å². The second-order valence-electron chi connectivity index (χ2n) is 12.3. The Morgan fingerprint density at radius 3 is 2.23 bits per heavy atom. The van der Waals surface area contributed by atoms with Crippen LogP contribution in [0.25, 0.3) is 0 Å². The monoisotopic (exact) mass is 621 g/mol. The standard InChI is InChI=1S/C32H39F4N3O5/c1-7-8-9-25(20-10-15-24(32(34,35)36)23(18-20)26(40)41)39-27(42)31(17-16-19(2)3,21-11-13-22(33)14-12-21)38-28(39)37-29(43)44-30(4,5)6/h10-15,18-19,25H,7-9,16-17H2,1-6H3,(H,40,41)(H,37,38,43). The van der Waals surface area contributed by atoms with Gasteiger partial charge in [0.25, 0.3) is 5.91 Å². The predicted molar refractivity (Wildman–Crippen MR) is 156 cm³/mol. The molecule has 1 aliphatic heterocycles. The van der Waals surface area contributed by atoms with Crippen molar-refractivity contribution in [1.82, 2.24) is 10.2 Å². The van der Waals surface area contributed by atoms with Crippen molar-refractivity contribution in [3.05, 3.63) is 70.5 Å². The van der Waals surface area contributed by atoms with E-state index in [0.29, 0.717) is 30.9 Å². The summed E-state index contributed by atoms with van der Waals surface area (Å²) in [4.78, 5) is 44.9. The number of carbonyl (C=O) groups is 3. The first-order valence-corrected chi connectivity index (χ1v) is 14.5. The molecule has 2 aromatic rings. The summed E-state index contributed by atoms with van der Waals surface area (Å²) in [5.41, 5.74) is -4.21. The van der Waals surface area contributed by atoms with Crippen molar-refractivity contribution in [3.8, 4) is 0 Å². The van der Waals surface area contributed by atoms with Crippen LogP contribution in [0, 0.1) is 11.7 Å². The number of carboxylic acid groups (broad SMARTS) is 1.